The van der Waals surface area contributed by atoms with E-state index in [1.165, 1.54) is 11.8 Å². The van der Waals surface area contributed by atoms with E-state index in [1.54, 1.807) is 11.3 Å². The van der Waals surface area contributed by atoms with Gasteiger partial charge in [-0.25, -0.2) is 0 Å². The number of carbonyl (C=O) groups excluding carboxylic acids is 1. The van der Waals surface area contributed by atoms with E-state index < -0.39 is 12.0 Å². The Kier molecular flexibility index (Phi) is 5.64. The molecule has 1 aromatic rings. The van der Waals surface area contributed by atoms with Gasteiger partial charge in [-0.3, -0.25) is 9.59 Å². The lowest BCUT2D eigenvalue weighted by Crippen LogP contribution is -2.38. The first-order valence-electron chi connectivity index (χ1n) is 5.25. The quantitative estimate of drug-likeness (QED) is 0.846. The topological polar surface area (TPSA) is 66.4 Å². The Morgan fingerprint density at radius 2 is 2.24 bits per heavy atom. The molecule has 94 valence electrons. The fraction of sp³-hybridized carbons (Fsp3) is 0.455. The van der Waals surface area contributed by atoms with Gasteiger partial charge in [-0.05, 0) is 47.8 Å². The third-order valence-electron chi connectivity index (χ3n) is 2.20. The van der Waals surface area contributed by atoms with E-state index in [1.807, 2.05) is 12.1 Å². The summed E-state index contributed by atoms with van der Waals surface area (Å²) in [5.41, 5.74) is 0. The SMILES string of the molecule is C[C@@H](NC(=O)CCCc1ccc(Br)s1)C(=O)O. The largest absolute Gasteiger partial charge is 0.480 e. The molecule has 0 radical (unpaired) electrons. The predicted octanol–water partition coefficient (Wildman–Crippen LogP) is 2.42. The normalized spacial score (nSPS) is 12.1. The highest BCUT2D eigenvalue weighted by Crippen LogP contribution is 2.23. The summed E-state index contributed by atoms with van der Waals surface area (Å²) in [6.45, 7) is 1.45. The molecule has 2 N–H and O–H groups in total. The van der Waals surface area contributed by atoms with Gasteiger partial charge >= 0.3 is 5.97 Å². The molecule has 0 aromatic carbocycles. The third kappa shape index (κ3) is 5.32. The van der Waals surface area contributed by atoms with Gasteiger partial charge in [0.25, 0.3) is 0 Å². The number of hydrogen-bond acceptors (Lipinski definition) is 3. The number of halogens is 1. The fourth-order valence-electron chi connectivity index (χ4n) is 1.28. The molecule has 1 aromatic heterocycles. The molecule has 0 saturated heterocycles. The number of amides is 1. The van der Waals surface area contributed by atoms with Gasteiger partial charge in [-0.2, -0.15) is 0 Å². The van der Waals surface area contributed by atoms with Crippen LogP contribution in [0.15, 0.2) is 15.9 Å². The smallest absolute Gasteiger partial charge is 0.325 e. The average Bonchev–Trinajstić information content (AvgIpc) is 2.64. The molecule has 0 aliphatic carbocycles. The Hall–Kier alpha value is -0.880. The number of aliphatic carboxylic acids is 1. The molecular formula is C11H14BrNO3S. The summed E-state index contributed by atoms with van der Waals surface area (Å²) in [5.74, 6) is -1.23. The fourth-order valence-corrected chi connectivity index (χ4v) is 2.81. The number of rotatable bonds is 6. The van der Waals surface area contributed by atoms with Crippen LogP contribution in [0.4, 0.5) is 0 Å². The number of carboxylic acid groups (broad SMARTS) is 1. The zero-order chi connectivity index (χ0) is 12.8. The van der Waals surface area contributed by atoms with Gasteiger partial charge in [0.15, 0.2) is 0 Å². The van der Waals surface area contributed by atoms with Crippen LogP contribution in [-0.4, -0.2) is 23.0 Å². The van der Waals surface area contributed by atoms with Crippen molar-refractivity contribution in [1.82, 2.24) is 5.32 Å². The van der Waals surface area contributed by atoms with Crippen LogP contribution in [0.1, 0.15) is 24.6 Å². The molecule has 1 rings (SSSR count). The lowest BCUT2D eigenvalue weighted by Gasteiger charge is -2.08. The minimum atomic E-state index is -1.01. The molecule has 6 heteroatoms. The molecule has 1 amide bonds. The van der Waals surface area contributed by atoms with Crippen molar-refractivity contribution in [3.63, 3.8) is 0 Å². The van der Waals surface area contributed by atoms with Crippen LogP contribution in [0.3, 0.4) is 0 Å². The van der Waals surface area contributed by atoms with Crippen molar-refractivity contribution >= 4 is 39.1 Å². The lowest BCUT2D eigenvalue weighted by molar-refractivity contribution is -0.141. The number of thiophene rings is 1. The molecular weight excluding hydrogens is 306 g/mol. The lowest BCUT2D eigenvalue weighted by atomic mass is 10.2. The summed E-state index contributed by atoms with van der Waals surface area (Å²) in [7, 11) is 0. The zero-order valence-electron chi connectivity index (χ0n) is 9.40. The van der Waals surface area contributed by atoms with E-state index in [0.29, 0.717) is 6.42 Å². The highest BCUT2D eigenvalue weighted by atomic mass is 79.9. The van der Waals surface area contributed by atoms with Crippen LogP contribution in [-0.2, 0) is 16.0 Å². The van der Waals surface area contributed by atoms with E-state index in [4.69, 9.17) is 5.11 Å². The minimum Gasteiger partial charge on any atom is -0.480 e. The van der Waals surface area contributed by atoms with Crippen LogP contribution in [0.25, 0.3) is 0 Å². The van der Waals surface area contributed by atoms with Crippen molar-refractivity contribution in [2.75, 3.05) is 0 Å². The summed E-state index contributed by atoms with van der Waals surface area (Å²) in [6.07, 6.45) is 1.92. The molecule has 4 nitrogen and oxygen atoms in total. The van der Waals surface area contributed by atoms with Crippen molar-refractivity contribution in [2.45, 2.75) is 32.2 Å². The third-order valence-corrected chi connectivity index (χ3v) is 3.89. The Morgan fingerprint density at radius 3 is 2.76 bits per heavy atom. The maximum absolute atomic E-state index is 11.4. The van der Waals surface area contributed by atoms with Gasteiger partial charge in [0.1, 0.15) is 6.04 Å². The van der Waals surface area contributed by atoms with Gasteiger partial charge in [-0.15, -0.1) is 11.3 Å². The summed E-state index contributed by atoms with van der Waals surface area (Å²) in [5, 5.41) is 11.0. The van der Waals surface area contributed by atoms with Crippen LogP contribution in [0, 0.1) is 0 Å². The van der Waals surface area contributed by atoms with E-state index in [2.05, 4.69) is 21.2 Å². The Balaban J connectivity index is 2.22. The molecule has 0 bridgehead atoms. The number of carboxylic acids is 1. The van der Waals surface area contributed by atoms with E-state index in [9.17, 15) is 9.59 Å². The van der Waals surface area contributed by atoms with Gasteiger partial charge in [-0.1, -0.05) is 0 Å². The second kappa shape index (κ2) is 6.76. The maximum atomic E-state index is 11.4. The molecule has 0 spiro atoms. The monoisotopic (exact) mass is 319 g/mol. The predicted molar refractivity (Wildman–Crippen MR) is 70.2 cm³/mol. The minimum absolute atomic E-state index is 0.212. The Bertz CT molecular complexity index is 405. The van der Waals surface area contributed by atoms with E-state index in [0.717, 1.165) is 16.6 Å². The molecule has 0 unspecified atom stereocenters. The van der Waals surface area contributed by atoms with Crippen LogP contribution in [0.5, 0.6) is 0 Å². The summed E-state index contributed by atoms with van der Waals surface area (Å²) in [4.78, 5) is 23.1. The molecule has 0 fully saturated rings. The number of hydrogen-bond donors (Lipinski definition) is 2. The first kappa shape index (κ1) is 14.2. The molecule has 0 aliphatic heterocycles. The van der Waals surface area contributed by atoms with Crippen molar-refractivity contribution in [1.29, 1.82) is 0 Å². The summed E-state index contributed by atoms with van der Waals surface area (Å²) in [6, 6.07) is 3.18. The van der Waals surface area contributed by atoms with Gasteiger partial charge in [0.2, 0.25) is 5.91 Å². The second-order valence-electron chi connectivity index (χ2n) is 3.69. The van der Waals surface area contributed by atoms with Crippen molar-refractivity contribution < 1.29 is 14.7 Å². The van der Waals surface area contributed by atoms with Gasteiger partial charge < -0.3 is 10.4 Å². The highest BCUT2D eigenvalue weighted by molar-refractivity contribution is 9.11. The summed E-state index contributed by atoms with van der Waals surface area (Å²) < 4.78 is 1.08. The zero-order valence-corrected chi connectivity index (χ0v) is 11.8. The molecule has 1 heterocycles. The number of carbonyl (C=O) groups is 2. The van der Waals surface area contributed by atoms with E-state index >= 15 is 0 Å². The first-order chi connectivity index (χ1) is 7.99. The van der Waals surface area contributed by atoms with Gasteiger partial charge in [0.05, 0.1) is 3.79 Å². The molecule has 0 saturated carbocycles. The van der Waals surface area contributed by atoms with Crippen molar-refractivity contribution in [3.8, 4) is 0 Å². The number of aryl methyl sites for hydroxylation is 1. The van der Waals surface area contributed by atoms with Crippen molar-refractivity contribution in [2.24, 2.45) is 0 Å². The van der Waals surface area contributed by atoms with Crippen molar-refractivity contribution in [3.05, 3.63) is 20.8 Å². The van der Waals surface area contributed by atoms with Crippen LogP contribution in [0.2, 0.25) is 0 Å². The maximum Gasteiger partial charge on any atom is 0.325 e. The number of nitrogens with one attached hydrogen (secondary N) is 1. The molecule has 17 heavy (non-hydrogen) atoms. The highest BCUT2D eigenvalue weighted by Gasteiger charge is 2.13. The summed E-state index contributed by atoms with van der Waals surface area (Å²) >= 11 is 5.02. The molecule has 0 aliphatic rings. The Morgan fingerprint density at radius 1 is 1.53 bits per heavy atom. The average molecular weight is 320 g/mol. The van der Waals surface area contributed by atoms with Gasteiger partial charge in [0, 0.05) is 11.3 Å². The molecule has 1 atom stereocenters. The van der Waals surface area contributed by atoms with E-state index in [-0.39, 0.29) is 5.91 Å². The Labute approximate surface area is 112 Å². The van der Waals surface area contributed by atoms with Crippen LogP contribution >= 0.6 is 27.3 Å². The van der Waals surface area contributed by atoms with Crippen LogP contribution < -0.4 is 5.32 Å². The first-order valence-corrected chi connectivity index (χ1v) is 6.86. The second-order valence-corrected chi connectivity index (χ2v) is 6.23. The standard InChI is InChI=1S/C11H14BrNO3S/c1-7(11(15)16)13-10(14)4-2-3-8-5-6-9(12)17-8/h5-7H,2-4H2,1H3,(H,13,14)(H,15,16)/t7-/m1/s1.